The summed E-state index contributed by atoms with van der Waals surface area (Å²) in [5.41, 5.74) is 3.95. The van der Waals surface area contributed by atoms with E-state index >= 15 is 0 Å². The molecule has 0 aliphatic carbocycles. The van der Waals surface area contributed by atoms with Crippen molar-refractivity contribution in [1.82, 2.24) is 9.88 Å². The number of aryl methyl sites for hydroxylation is 1. The number of amides is 1. The highest BCUT2D eigenvalue weighted by Crippen LogP contribution is 2.35. The van der Waals surface area contributed by atoms with Gasteiger partial charge in [0.15, 0.2) is 5.13 Å². The lowest BCUT2D eigenvalue weighted by Crippen LogP contribution is -2.44. The van der Waals surface area contributed by atoms with Gasteiger partial charge in [0.2, 0.25) is 5.91 Å². The molecule has 0 unspecified atom stereocenters. The molecule has 1 aliphatic rings. The molecule has 1 aromatic heterocycles. The van der Waals surface area contributed by atoms with Gasteiger partial charge in [-0.2, -0.15) is 0 Å². The molecule has 0 saturated carbocycles. The fraction of sp³-hybridized carbons (Fsp3) is 0.407. The van der Waals surface area contributed by atoms with Gasteiger partial charge in [0.1, 0.15) is 0 Å². The molecule has 1 aliphatic heterocycles. The molecule has 37 heavy (non-hydrogen) atoms. The summed E-state index contributed by atoms with van der Waals surface area (Å²) >= 11 is 1.33. The molecule has 2 aromatic carbocycles. The van der Waals surface area contributed by atoms with Gasteiger partial charge in [0, 0.05) is 44.0 Å². The molecular formula is C27H35N5O3S2. The number of unbranched alkanes of at least 4 members (excludes halogenated alkanes) is 2. The molecule has 1 fully saturated rings. The van der Waals surface area contributed by atoms with Crippen molar-refractivity contribution in [2.45, 2.75) is 44.4 Å². The molecule has 8 nitrogen and oxygen atoms in total. The third-order valence-electron chi connectivity index (χ3n) is 6.47. The smallest absolute Gasteiger partial charge is 0.261 e. The van der Waals surface area contributed by atoms with Crippen LogP contribution in [-0.2, 0) is 21.2 Å². The minimum atomic E-state index is -3.80. The van der Waals surface area contributed by atoms with Gasteiger partial charge >= 0.3 is 0 Å². The van der Waals surface area contributed by atoms with Crippen molar-refractivity contribution in [3.8, 4) is 11.3 Å². The van der Waals surface area contributed by atoms with Crippen LogP contribution < -0.4 is 14.9 Å². The first kappa shape index (κ1) is 27.1. The van der Waals surface area contributed by atoms with E-state index in [1.165, 1.54) is 18.3 Å². The molecule has 1 saturated heterocycles. The number of sulfonamides is 1. The quantitative estimate of drug-likeness (QED) is 0.349. The zero-order chi connectivity index (χ0) is 26.4. The maximum atomic E-state index is 13.4. The number of aromatic nitrogens is 1. The van der Waals surface area contributed by atoms with Crippen LogP contribution in [0.4, 0.5) is 16.5 Å². The average Bonchev–Trinajstić information content (AvgIpc) is 3.33. The van der Waals surface area contributed by atoms with Crippen LogP contribution in [0.2, 0.25) is 0 Å². The van der Waals surface area contributed by atoms with Crippen LogP contribution in [0.5, 0.6) is 0 Å². The van der Waals surface area contributed by atoms with Crippen LogP contribution in [0.3, 0.4) is 0 Å². The Morgan fingerprint density at radius 3 is 2.46 bits per heavy atom. The van der Waals surface area contributed by atoms with Crippen molar-refractivity contribution in [3.63, 3.8) is 0 Å². The van der Waals surface area contributed by atoms with Gasteiger partial charge in [0.05, 0.1) is 22.0 Å². The molecule has 2 heterocycles. The molecule has 4 rings (SSSR count). The van der Waals surface area contributed by atoms with Crippen LogP contribution in [0.15, 0.2) is 52.7 Å². The number of piperazine rings is 1. The van der Waals surface area contributed by atoms with Gasteiger partial charge in [-0.1, -0.05) is 38.0 Å². The second kappa shape index (κ2) is 12.1. The maximum absolute atomic E-state index is 13.4. The second-order valence-electron chi connectivity index (χ2n) is 9.45. The number of hydrogen-bond donors (Lipinski definition) is 2. The van der Waals surface area contributed by atoms with E-state index in [0.29, 0.717) is 16.5 Å². The van der Waals surface area contributed by atoms with Gasteiger partial charge in [-0.3, -0.25) is 9.52 Å². The zero-order valence-corrected chi connectivity index (χ0v) is 23.3. The van der Waals surface area contributed by atoms with Crippen molar-refractivity contribution in [2.24, 2.45) is 0 Å². The summed E-state index contributed by atoms with van der Waals surface area (Å²) in [5, 5.41) is 5.06. The molecule has 3 aromatic rings. The predicted octanol–water partition coefficient (Wildman–Crippen LogP) is 5.05. The van der Waals surface area contributed by atoms with E-state index in [1.54, 1.807) is 12.1 Å². The number of carbonyl (C=O) groups excluding carboxylic acids is 1. The summed E-state index contributed by atoms with van der Waals surface area (Å²) in [7, 11) is -1.71. The van der Waals surface area contributed by atoms with E-state index < -0.39 is 10.0 Å². The topological polar surface area (TPSA) is 94.6 Å². The molecule has 0 bridgehead atoms. The minimum absolute atomic E-state index is 0.184. The third-order valence-corrected chi connectivity index (χ3v) is 8.61. The Labute approximate surface area is 223 Å². The van der Waals surface area contributed by atoms with Gasteiger partial charge < -0.3 is 15.1 Å². The third kappa shape index (κ3) is 7.09. The van der Waals surface area contributed by atoms with Crippen LogP contribution >= 0.6 is 11.3 Å². The van der Waals surface area contributed by atoms with Crippen molar-refractivity contribution in [2.75, 3.05) is 48.2 Å². The van der Waals surface area contributed by atoms with E-state index in [9.17, 15) is 13.2 Å². The largest absolute Gasteiger partial charge is 0.367 e. The summed E-state index contributed by atoms with van der Waals surface area (Å²) in [5.74, 6) is -0.184. The summed E-state index contributed by atoms with van der Waals surface area (Å²) in [4.78, 5) is 20.6. The Bertz CT molecular complexity index is 1310. The van der Waals surface area contributed by atoms with Crippen LogP contribution in [0.25, 0.3) is 11.3 Å². The number of hydrogen-bond acceptors (Lipinski definition) is 7. The van der Waals surface area contributed by atoms with Crippen LogP contribution in [-0.4, -0.2) is 57.4 Å². The highest BCUT2D eigenvalue weighted by molar-refractivity contribution is 7.92. The molecule has 198 valence electrons. The van der Waals surface area contributed by atoms with Crippen molar-refractivity contribution < 1.29 is 13.2 Å². The Morgan fingerprint density at radius 2 is 1.78 bits per heavy atom. The first-order valence-corrected chi connectivity index (χ1v) is 15.0. The fourth-order valence-corrected chi connectivity index (χ4v) is 6.16. The average molecular weight is 542 g/mol. The van der Waals surface area contributed by atoms with E-state index in [-0.39, 0.29) is 10.8 Å². The van der Waals surface area contributed by atoms with Crippen molar-refractivity contribution >= 4 is 43.8 Å². The number of benzene rings is 2. The van der Waals surface area contributed by atoms with Gasteiger partial charge in [-0.05, 0) is 49.7 Å². The Morgan fingerprint density at radius 1 is 1.05 bits per heavy atom. The van der Waals surface area contributed by atoms with Gasteiger partial charge in [-0.15, -0.1) is 11.3 Å². The molecule has 0 radical (unpaired) electrons. The molecule has 10 heteroatoms. The number of anilines is 3. The highest BCUT2D eigenvalue weighted by atomic mass is 32.2. The van der Waals surface area contributed by atoms with Crippen LogP contribution in [0.1, 0.15) is 38.7 Å². The van der Waals surface area contributed by atoms with E-state index in [1.807, 2.05) is 35.7 Å². The molecule has 0 spiro atoms. The van der Waals surface area contributed by atoms with Gasteiger partial charge in [-0.25, -0.2) is 13.4 Å². The highest BCUT2D eigenvalue weighted by Gasteiger charge is 2.22. The zero-order valence-electron chi connectivity index (χ0n) is 21.7. The second-order valence-corrected chi connectivity index (χ2v) is 12.0. The molecular weight excluding hydrogens is 506 g/mol. The summed E-state index contributed by atoms with van der Waals surface area (Å²) in [6.07, 6.45) is 4.37. The number of rotatable bonds is 10. The lowest BCUT2D eigenvalue weighted by Gasteiger charge is -2.35. The first-order chi connectivity index (χ1) is 17.7. The van der Waals surface area contributed by atoms with Crippen LogP contribution in [0, 0.1) is 0 Å². The first-order valence-electron chi connectivity index (χ1n) is 12.7. The lowest BCUT2D eigenvalue weighted by molar-refractivity contribution is -0.114. The van der Waals surface area contributed by atoms with Crippen molar-refractivity contribution in [1.29, 1.82) is 0 Å². The lowest BCUT2D eigenvalue weighted by atomic mass is 10.1. The monoisotopic (exact) mass is 541 g/mol. The minimum Gasteiger partial charge on any atom is -0.367 e. The molecule has 2 N–H and O–H groups in total. The summed E-state index contributed by atoms with van der Waals surface area (Å²) in [6, 6.07) is 12.9. The van der Waals surface area contributed by atoms with E-state index in [2.05, 4.69) is 38.8 Å². The predicted molar refractivity (Wildman–Crippen MR) is 152 cm³/mol. The maximum Gasteiger partial charge on any atom is 0.261 e. The Hall–Kier alpha value is -2.95. The number of carbonyl (C=O) groups is 1. The number of thiazole rings is 1. The fourth-order valence-electron chi connectivity index (χ4n) is 4.33. The van der Waals surface area contributed by atoms with E-state index in [0.717, 1.165) is 68.7 Å². The SMILES string of the molecule is CCCCCc1ccc(S(=O)(=O)Nc2cc(-c3csc(NC(C)=O)n3)ccc2N2CCN(C)CC2)cc1. The standard InChI is InChI=1S/C27H35N5O3S2/c1-4-5-6-7-21-8-11-23(12-9-21)37(34,35)30-24-18-22(25-19-36-27(29-25)28-20(2)33)10-13-26(24)32-16-14-31(3)15-17-32/h8-13,18-19,30H,4-7,14-17H2,1-3H3,(H,28,29,33). The molecule has 1 amide bonds. The summed E-state index contributed by atoms with van der Waals surface area (Å²) < 4.78 is 29.7. The number of nitrogens with zero attached hydrogens (tertiary/aromatic N) is 3. The molecule has 0 atom stereocenters. The number of nitrogens with one attached hydrogen (secondary N) is 2. The Kier molecular flexibility index (Phi) is 8.83. The van der Waals surface area contributed by atoms with Gasteiger partial charge in [0.25, 0.3) is 10.0 Å². The normalized spacial score (nSPS) is 14.5. The summed E-state index contributed by atoms with van der Waals surface area (Å²) in [6.45, 7) is 7.03. The van der Waals surface area contributed by atoms with Crippen molar-refractivity contribution in [3.05, 3.63) is 53.4 Å². The Balaban J connectivity index is 1.63. The number of likely N-dealkylation sites (N-methyl/N-ethyl adjacent to an activating group) is 1. The van der Waals surface area contributed by atoms with E-state index in [4.69, 9.17) is 0 Å².